The summed E-state index contributed by atoms with van der Waals surface area (Å²) in [6.07, 6.45) is 2.55. The number of rotatable bonds is 7. The van der Waals surface area contributed by atoms with Crippen LogP contribution in [0.3, 0.4) is 0 Å². The van der Waals surface area contributed by atoms with Crippen molar-refractivity contribution in [1.29, 1.82) is 0 Å². The largest absolute Gasteiger partial charge is 0.494 e. The van der Waals surface area contributed by atoms with E-state index in [2.05, 4.69) is 4.98 Å². The number of methoxy groups -OCH3 is 1. The lowest BCUT2D eigenvalue weighted by Gasteiger charge is -2.21. The van der Waals surface area contributed by atoms with Crippen LogP contribution >= 0.6 is 0 Å². The number of carbonyl (C=O) groups excluding carboxylic acids is 2. The molecule has 166 valence electrons. The second kappa shape index (κ2) is 9.34. The van der Waals surface area contributed by atoms with Crippen LogP contribution in [0.1, 0.15) is 40.5 Å². The van der Waals surface area contributed by atoms with Gasteiger partial charge < -0.3 is 14.4 Å². The van der Waals surface area contributed by atoms with E-state index in [9.17, 15) is 14.0 Å². The minimum absolute atomic E-state index is 0.147. The molecule has 4 rings (SSSR count). The third-order valence-corrected chi connectivity index (χ3v) is 5.77. The molecule has 2 aromatic carbocycles. The Kier molecular flexibility index (Phi) is 6.35. The third-order valence-electron chi connectivity index (χ3n) is 5.77. The van der Waals surface area contributed by atoms with Gasteiger partial charge in [0.25, 0.3) is 5.91 Å². The predicted octanol–water partition coefficient (Wildman–Crippen LogP) is 4.08. The van der Waals surface area contributed by atoms with E-state index in [0.29, 0.717) is 17.7 Å². The first-order valence-corrected chi connectivity index (χ1v) is 10.7. The van der Waals surface area contributed by atoms with Crippen molar-refractivity contribution in [3.8, 4) is 5.75 Å². The molecule has 3 aromatic rings. The van der Waals surface area contributed by atoms with E-state index in [1.807, 2.05) is 31.2 Å². The van der Waals surface area contributed by atoms with Crippen LogP contribution in [-0.2, 0) is 28.9 Å². The smallest absolute Gasteiger partial charge is 0.339 e. The molecule has 0 aliphatic heterocycles. The number of aromatic nitrogens is 1. The number of ether oxygens (including phenoxy) is 2. The highest BCUT2D eigenvalue weighted by molar-refractivity contribution is 6.05. The quantitative estimate of drug-likeness (QED) is 0.522. The van der Waals surface area contributed by atoms with Crippen molar-refractivity contribution < 1.29 is 23.5 Å². The Morgan fingerprint density at radius 1 is 1.16 bits per heavy atom. The first-order chi connectivity index (χ1) is 15.5. The van der Waals surface area contributed by atoms with Gasteiger partial charge in [0.05, 0.1) is 18.2 Å². The molecule has 0 radical (unpaired) electrons. The number of carbonyl (C=O) groups is 2. The Morgan fingerprint density at radius 2 is 1.97 bits per heavy atom. The maximum Gasteiger partial charge on any atom is 0.339 e. The number of esters is 1. The standard InChI is InChI=1S/C25H25FN2O4/c1-3-28(14-16-11-12-22(31-2)19(26)13-16)23(29)15-32-25(30)24-17-7-4-5-9-20(17)27-21-10-6-8-18(21)24/h4-5,7,9,11-13H,3,6,8,10,14-15H2,1-2H3. The lowest BCUT2D eigenvalue weighted by Crippen LogP contribution is -2.34. The zero-order chi connectivity index (χ0) is 22.7. The highest BCUT2D eigenvalue weighted by Crippen LogP contribution is 2.30. The molecule has 7 heteroatoms. The molecule has 0 saturated heterocycles. The van der Waals surface area contributed by atoms with E-state index < -0.39 is 11.8 Å². The van der Waals surface area contributed by atoms with Crippen LogP contribution in [0, 0.1) is 5.82 Å². The minimum atomic E-state index is -0.512. The normalized spacial score (nSPS) is 12.5. The molecule has 0 saturated carbocycles. The van der Waals surface area contributed by atoms with E-state index in [4.69, 9.17) is 9.47 Å². The van der Waals surface area contributed by atoms with E-state index >= 15 is 0 Å². The predicted molar refractivity (Wildman–Crippen MR) is 118 cm³/mol. The monoisotopic (exact) mass is 436 g/mol. The summed E-state index contributed by atoms with van der Waals surface area (Å²) in [5, 5.41) is 0.742. The Bertz CT molecular complexity index is 1180. The number of aryl methyl sites for hydroxylation is 1. The van der Waals surface area contributed by atoms with Crippen LogP contribution in [0.5, 0.6) is 5.75 Å². The minimum Gasteiger partial charge on any atom is -0.494 e. The number of hydrogen-bond acceptors (Lipinski definition) is 5. The molecule has 1 amide bonds. The Balaban J connectivity index is 1.48. The molecule has 6 nitrogen and oxygen atoms in total. The molecule has 0 spiro atoms. The number of fused-ring (bicyclic) bond motifs is 2. The number of benzene rings is 2. The van der Waals surface area contributed by atoms with E-state index in [1.165, 1.54) is 24.1 Å². The van der Waals surface area contributed by atoms with Gasteiger partial charge >= 0.3 is 5.97 Å². The van der Waals surface area contributed by atoms with Crippen molar-refractivity contribution in [1.82, 2.24) is 9.88 Å². The van der Waals surface area contributed by atoms with Gasteiger partial charge in [-0.3, -0.25) is 9.78 Å². The van der Waals surface area contributed by atoms with Gasteiger partial charge in [-0.05, 0) is 55.5 Å². The van der Waals surface area contributed by atoms with Gasteiger partial charge in [-0.15, -0.1) is 0 Å². The van der Waals surface area contributed by atoms with Crippen molar-refractivity contribution in [3.05, 3.63) is 70.7 Å². The molecule has 1 heterocycles. The van der Waals surface area contributed by atoms with Gasteiger partial charge in [0, 0.05) is 24.2 Å². The van der Waals surface area contributed by atoms with E-state index in [1.54, 1.807) is 6.07 Å². The molecule has 1 aromatic heterocycles. The fourth-order valence-electron chi connectivity index (χ4n) is 4.14. The molecule has 0 bridgehead atoms. The Hall–Kier alpha value is -3.48. The summed E-state index contributed by atoms with van der Waals surface area (Å²) in [6, 6.07) is 12.1. The highest BCUT2D eigenvalue weighted by atomic mass is 19.1. The van der Waals surface area contributed by atoms with Crippen LogP contribution in [-0.4, -0.2) is 42.0 Å². The van der Waals surface area contributed by atoms with Gasteiger partial charge in [-0.25, -0.2) is 9.18 Å². The number of halogens is 1. The number of nitrogens with zero attached hydrogens (tertiary/aromatic N) is 2. The number of likely N-dealkylation sites (N-methyl/N-ethyl adjacent to an activating group) is 1. The summed E-state index contributed by atoms with van der Waals surface area (Å²) in [7, 11) is 1.40. The van der Waals surface area contributed by atoms with Crippen molar-refractivity contribution >= 4 is 22.8 Å². The van der Waals surface area contributed by atoms with Crippen molar-refractivity contribution in [3.63, 3.8) is 0 Å². The van der Waals surface area contributed by atoms with Gasteiger partial charge in [0.15, 0.2) is 18.2 Å². The second-order valence-electron chi connectivity index (χ2n) is 7.74. The lowest BCUT2D eigenvalue weighted by atomic mass is 10.0. The molecule has 1 aliphatic carbocycles. The number of para-hydroxylation sites is 1. The number of hydrogen-bond donors (Lipinski definition) is 0. The van der Waals surface area contributed by atoms with Gasteiger partial charge in [0.1, 0.15) is 0 Å². The van der Waals surface area contributed by atoms with E-state index in [-0.39, 0.29) is 24.8 Å². The average Bonchev–Trinajstić information content (AvgIpc) is 3.27. The molecular weight excluding hydrogens is 411 g/mol. The van der Waals surface area contributed by atoms with Crippen LogP contribution in [0.25, 0.3) is 10.9 Å². The second-order valence-corrected chi connectivity index (χ2v) is 7.74. The van der Waals surface area contributed by atoms with Crippen LogP contribution in [0.2, 0.25) is 0 Å². The molecule has 0 unspecified atom stereocenters. The van der Waals surface area contributed by atoms with E-state index in [0.717, 1.165) is 41.4 Å². The molecule has 0 N–H and O–H groups in total. The van der Waals surface area contributed by atoms with Gasteiger partial charge in [0.2, 0.25) is 0 Å². The van der Waals surface area contributed by atoms with Crippen molar-refractivity contribution in [2.45, 2.75) is 32.7 Å². The summed E-state index contributed by atoms with van der Waals surface area (Å²) in [5.74, 6) is -1.19. The first-order valence-electron chi connectivity index (χ1n) is 10.7. The SMILES string of the molecule is CCN(Cc1ccc(OC)c(F)c1)C(=O)COC(=O)c1c2c(nc3ccccc13)CCC2. The van der Waals surface area contributed by atoms with Crippen LogP contribution in [0.15, 0.2) is 42.5 Å². The maximum absolute atomic E-state index is 14.0. The highest BCUT2D eigenvalue weighted by Gasteiger charge is 2.25. The number of amides is 1. The Labute approximate surface area is 186 Å². The zero-order valence-corrected chi connectivity index (χ0v) is 18.2. The van der Waals surface area contributed by atoms with Crippen molar-refractivity contribution in [2.75, 3.05) is 20.3 Å². The van der Waals surface area contributed by atoms with Gasteiger partial charge in [-0.2, -0.15) is 0 Å². The summed E-state index contributed by atoms with van der Waals surface area (Å²) in [4.78, 5) is 32.0. The summed E-state index contributed by atoms with van der Waals surface area (Å²) in [6.45, 7) is 2.05. The summed E-state index contributed by atoms with van der Waals surface area (Å²) in [5.41, 5.74) is 3.74. The molecule has 32 heavy (non-hydrogen) atoms. The Morgan fingerprint density at radius 3 is 2.72 bits per heavy atom. The fraction of sp³-hybridized carbons (Fsp3) is 0.320. The van der Waals surface area contributed by atoms with Crippen molar-refractivity contribution in [2.24, 2.45) is 0 Å². The number of pyridine rings is 1. The van der Waals surface area contributed by atoms with Crippen LogP contribution < -0.4 is 4.74 Å². The average molecular weight is 436 g/mol. The maximum atomic E-state index is 14.0. The molecule has 0 atom stereocenters. The first kappa shape index (κ1) is 21.7. The molecule has 1 aliphatic rings. The third kappa shape index (κ3) is 4.28. The zero-order valence-electron chi connectivity index (χ0n) is 18.2. The topological polar surface area (TPSA) is 68.7 Å². The molecule has 0 fully saturated rings. The van der Waals surface area contributed by atoms with Gasteiger partial charge in [-0.1, -0.05) is 24.3 Å². The lowest BCUT2D eigenvalue weighted by molar-refractivity contribution is -0.134. The summed E-state index contributed by atoms with van der Waals surface area (Å²) < 4.78 is 24.4. The molecular formula is C25H25FN2O4. The summed E-state index contributed by atoms with van der Waals surface area (Å²) >= 11 is 0. The van der Waals surface area contributed by atoms with Crippen LogP contribution in [0.4, 0.5) is 4.39 Å². The fourth-order valence-corrected chi connectivity index (χ4v) is 4.14.